The zero-order valence-corrected chi connectivity index (χ0v) is 18.7. The molecule has 1 saturated carbocycles. The van der Waals surface area contributed by atoms with Crippen LogP contribution >= 0.6 is 11.6 Å². The van der Waals surface area contributed by atoms with E-state index in [-0.39, 0.29) is 36.9 Å². The molecule has 3 aromatic rings. The van der Waals surface area contributed by atoms with Crippen molar-refractivity contribution in [2.75, 3.05) is 13.2 Å². The van der Waals surface area contributed by atoms with E-state index in [9.17, 15) is 10.2 Å². The van der Waals surface area contributed by atoms with Gasteiger partial charge in [0.2, 0.25) is 0 Å². The van der Waals surface area contributed by atoms with Crippen LogP contribution in [0.25, 0.3) is 22.4 Å². The molecule has 2 aromatic heterocycles. The van der Waals surface area contributed by atoms with Crippen LogP contribution in [0.15, 0.2) is 30.3 Å². The standard InChI is InChI=1S/C24H26ClN3O5/c25-15-9-16-23(28-24(26-16)33-19-11-32-21-18(30)10-31-22(19)21)27-20(15)13-7-5-12(6-8-13)14-3-1-2-4-17(14)29/h5-9,14,17-19,21-22,29-30H,1-4,10-11H2,(H,26,27,28). The molecule has 1 aromatic carbocycles. The topological polar surface area (TPSA) is 110 Å². The van der Waals surface area contributed by atoms with E-state index in [1.807, 2.05) is 12.1 Å². The highest BCUT2D eigenvalue weighted by Crippen LogP contribution is 2.36. The number of aliphatic hydroxyl groups excluding tert-OH is 2. The molecular formula is C24H26ClN3O5. The summed E-state index contributed by atoms with van der Waals surface area (Å²) in [5.74, 6) is 0.189. The number of aliphatic hydroxyl groups is 2. The first-order valence-electron chi connectivity index (χ1n) is 11.5. The summed E-state index contributed by atoms with van der Waals surface area (Å²) in [4.78, 5) is 12.3. The highest BCUT2D eigenvalue weighted by atomic mass is 35.5. The molecule has 6 rings (SSSR count). The summed E-state index contributed by atoms with van der Waals surface area (Å²) in [5.41, 5.74) is 3.85. The van der Waals surface area contributed by atoms with Gasteiger partial charge in [-0.2, -0.15) is 4.98 Å². The first kappa shape index (κ1) is 21.3. The Hall–Kier alpha value is -2.23. The zero-order chi connectivity index (χ0) is 22.5. The minimum absolute atomic E-state index is 0.189. The van der Waals surface area contributed by atoms with E-state index < -0.39 is 6.10 Å². The number of fused-ring (bicyclic) bond motifs is 2. The largest absolute Gasteiger partial charge is 0.456 e. The number of nitrogens with one attached hydrogen (secondary N) is 1. The molecule has 3 aliphatic rings. The second kappa shape index (κ2) is 8.52. The number of benzene rings is 1. The third-order valence-corrected chi connectivity index (χ3v) is 7.28. The number of halogens is 1. The van der Waals surface area contributed by atoms with Crippen molar-refractivity contribution in [3.8, 4) is 17.3 Å². The average Bonchev–Trinajstić information content (AvgIpc) is 3.50. The van der Waals surface area contributed by atoms with E-state index in [1.54, 1.807) is 6.07 Å². The molecule has 174 valence electrons. The molecule has 8 nitrogen and oxygen atoms in total. The molecule has 0 spiro atoms. The molecular weight excluding hydrogens is 446 g/mol. The molecule has 3 N–H and O–H groups in total. The van der Waals surface area contributed by atoms with Crippen LogP contribution in [0.4, 0.5) is 0 Å². The van der Waals surface area contributed by atoms with Crippen LogP contribution < -0.4 is 4.74 Å². The van der Waals surface area contributed by atoms with E-state index in [0.29, 0.717) is 34.5 Å². The summed E-state index contributed by atoms with van der Waals surface area (Å²) in [6.45, 7) is 0.569. The zero-order valence-electron chi connectivity index (χ0n) is 18.0. The second-order valence-electron chi connectivity index (χ2n) is 9.13. The maximum absolute atomic E-state index is 10.4. The summed E-state index contributed by atoms with van der Waals surface area (Å²) in [7, 11) is 0. The molecule has 0 radical (unpaired) electrons. The Labute approximate surface area is 195 Å². The Bertz CT molecular complexity index is 1150. The number of H-pyrrole nitrogens is 1. The van der Waals surface area contributed by atoms with Crippen molar-refractivity contribution in [2.45, 2.75) is 62.1 Å². The molecule has 0 bridgehead atoms. The normalized spacial score (nSPS) is 31.7. The third-order valence-electron chi connectivity index (χ3n) is 6.99. The fourth-order valence-corrected chi connectivity index (χ4v) is 5.49. The Morgan fingerprint density at radius 1 is 0.970 bits per heavy atom. The molecule has 9 heteroatoms. The molecule has 6 unspecified atom stereocenters. The number of pyridine rings is 1. The van der Waals surface area contributed by atoms with E-state index in [0.717, 1.165) is 36.8 Å². The first-order valence-corrected chi connectivity index (χ1v) is 11.9. The number of ether oxygens (including phenoxy) is 3. The molecule has 2 aliphatic heterocycles. The van der Waals surface area contributed by atoms with Gasteiger partial charge in [0.1, 0.15) is 18.3 Å². The second-order valence-corrected chi connectivity index (χ2v) is 9.54. The van der Waals surface area contributed by atoms with Crippen molar-refractivity contribution in [3.63, 3.8) is 0 Å². The van der Waals surface area contributed by atoms with Crippen LogP contribution in [0.5, 0.6) is 6.01 Å². The van der Waals surface area contributed by atoms with Crippen molar-refractivity contribution in [1.82, 2.24) is 15.0 Å². The van der Waals surface area contributed by atoms with E-state index in [4.69, 9.17) is 25.8 Å². The number of hydrogen-bond donors (Lipinski definition) is 3. The van der Waals surface area contributed by atoms with Gasteiger partial charge in [-0.25, -0.2) is 4.98 Å². The molecule has 33 heavy (non-hydrogen) atoms. The summed E-state index contributed by atoms with van der Waals surface area (Å²) >= 11 is 6.56. The highest BCUT2D eigenvalue weighted by Gasteiger charge is 2.48. The van der Waals surface area contributed by atoms with Crippen molar-refractivity contribution < 1.29 is 24.4 Å². The quantitative estimate of drug-likeness (QED) is 0.536. The van der Waals surface area contributed by atoms with Crippen LogP contribution in [0.2, 0.25) is 5.02 Å². The molecule has 6 atom stereocenters. The third kappa shape index (κ3) is 3.90. The predicted octanol–water partition coefficient (Wildman–Crippen LogP) is 3.20. The molecule has 4 heterocycles. The van der Waals surface area contributed by atoms with Gasteiger partial charge in [0.15, 0.2) is 11.8 Å². The molecule has 1 aliphatic carbocycles. The first-order chi connectivity index (χ1) is 16.1. The van der Waals surface area contributed by atoms with Gasteiger partial charge in [-0.15, -0.1) is 0 Å². The van der Waals surface area contributed by atoms with Gasteiger partial charge in [0.25, 0.3) is 6.01 Å². The lowest BCUT2D eigenvalue weighted by Gasteiger charge is -2.28. The summed E-state index contributed by atoms with van der Waals surface area (Å²) < 4.78 is 17.2. The fourth-order valence-electron chi connectivity index (χ4n) is 5.23. The SMILES string of the molecule is OC1CCCCC1c1ccc(-c2nc3nc(OC4COC5C(O)COC45)[nH]c3cc2Cl)cc1. The number of hydrogen-bond acceptors (Lipinski definition) is 7. The van der Waals surface area contributed by atoms with Crippen LogP contribution in [-0.4, -0.2) is 68.9 Å². The average molecular weight is 472 g/mol. The lowest BCUT2D eigenvalue weighted by Crippen LogP contribution is -2.34. The molecule has 0 amide bonds. The number of aromatic nitrogens is 3. The van der Waals surface area contributed by atoms with Gasteiger partial charge >= 0.3 is 0 Å². The summed E-state index contributed by atoms with van der Waals surface area (Å²) in [6, 6.07) is 10.2. The lowest BCUT2D eigenvalue weighted by molar-refractivity contribution is 0.00706. The van der Waals surface area contributed by atoms with Crippen LogP contribution in [0, 0.1) is 0 Å². The molecule has 2 saturated heterocycles. The smallest absolute Gasteiger partial charge is 0.296 e. The van der Waals surface area contributed by atoms with E-state index in [1.165, 1.54) is 0 Å². The minimum atomic E-state index is -0.630. The Balaban J connectivity index is 1.23. The minimum Gasteiger partial charge on any atom is -0.456 e. The van der Waals surface area contributed by atoms with Gasteiger partial charge < -0.3 is 29.4 Å². The summed E-state index contributed by atoms with van der Waals surface area (Å²) in [6.07, 6.45) is 2.18. The van der Waals surface area contributed by atoms with Crippen molar-refractivity contribution in [3.05, 3.63) is 40.9 Å². The van der Waals surface area contributed by atoms with Crippen LogP contribution in [-0.2, 0) is 9.47 Å². The van der Waals surface area contributed by atoms with E-state index in [2.05, 4.69) is 27.1 Å². The maximum atomic E-state index is 10.4. The van der Waals surface area contributed by atoms with Crippen LogP contribution in [0.3, 0.4) is 0 Å². The van der Waals surface area contributed by atoms with Gasteiger partial charge in [-0.05, 0) is 24.5 Å². The Morgan fingerprint density at radius 3 is 2.58 bits per heavy atom. The fraction of sp³-hybridized carbons (Fsp3) is 0.500. The van der Waals surface area contributed by atoms with Gasteiger partial charge in [0, 0.05) is 11.5 Å². The lowest BCUT2D eigenvalue weighted by atomic mass is 9.81. The Kier molecular flexibility index (Phi) is 5.50. The summed E-state index contributed by atoms with van der Waals surface area (Å²) in [5, 5.41) is 20.8. The van der Waals surface area contributed by atoms with Gasteiger partial charge in [0.05, 0.1) is 35.6 Å². The van der Waals surface area contributed by atoms with Crippen LogP contribution in [0.1, 0.15) is 37.2 Å². The number of aromatic amines is 1. The maximum Gasteiger partial charge on any atom is 0.296 e. The Morgan fingerprint density at radius 2 is 1.76 bits per heavy atom. The van der Waals surface area contributed by atoms with Gasteiger partial charge in [-0.3, -0.25) is 0 Å². The van der Waals surface area contributed by atoms with Crippen molar-refractivity contribution in [2.24, 2.45) is 0 Å². The predicted molar refractivity (Wildman–Crippen MR) is 121 cm³/mol. The number of nitrogens with zero attached hydrogens (tertiary/aromatic N) is 2. The monoisotopic (exact) mass is 471 g/mol. The number of rotatable bonds is 4. The van der Waals surface area contributed by atoms with Crippen molar-refractivity contribution in [1.29, 1.82) is 0 Å². The molecule has 3 fully saturated rings. The van der Waals surface area contributed by atoms with Gasteiger partial charge in [-0.1, -0.05) is 48.7 Å². The van der Waals surface area contributed by atoms with E-state index >= 15 is 0 Å². The highest BCUT2D eigenvalue weighted by molar-refractivity contribution is 6.33. The number of imidazole rings is 1. The van der Waals surface area contributed by atoms with Crippen molar-refractivity contribution >= 4 is 22.8 Å².